The van der Waals surface area contributed by atoms with Crippen LogP contribution in [-0.4, -0.2) is 45.3 Å². The van der Waals surface area contributed by atoms with E-state index >= 15 is 0 Å². The number of hydrogen-bond donors (Lipinski definition) is 2. The Hall–Kier alpha value is -1.86. The van der Waals surface area contributed by atoms with Gasteiger partial charge in [0.05, 0.1) is 0 Å². The average Bonchev–Trinajstić information content (AvgIpc) is 2.89. The Morgan fingerprint density at radius 3 is 2.62 bits per heavy atom. The number of aromatic nitrogens is 3. The summed E-state index contributed by atoms with van der Waals surface area (Å²) < 4.78 is 27.2. The molecule has 0 radical (unpaired) electrons. The summed E-state index contributed by atoms with van der Waals surface area (Å²) in [6.45, 7) is 1.76. The van der Waals surface area contributed by atoms with Gasteiger partial charge in [-0.25, -0.2) is 13.8 Å². The van der Waals surface area contributed by atoms with Crippen molar-refractivity contribution in [3.8, 4) is 0 Å². The molecular weight excluding hydrogens is 278 g/mol. The molecule has 2 unspecified atom stereocenters. The van der Waals surface area contributed by atoms with Gasteiger partial charge >= 0.3 is 0 Å². The number of hydrogen-bond acceptors (Lipinski definition) is 4. The highest BCUT2D eigenvalue weighted by Crippen LogP contribution is 2.32. The topological polar surface area (TPSA) is 65.0 Å². The van der Waals surface area contributed by atoms with Crippen molar-refractivity contribution in [1.29, 1.82) is 0 Å². The molecule has 0 aliphatic rings. The first kappa shape index (κ1) is 15.5. The SMILES string of the molecule is CC(N(C)C)C(O)(Cc1ncn[nH]1)c1ccc(F)cc1F. The molecule has 0 aliphatic carbocycles. The number of halogens is 2. The highest BCUT2D eigenvalue weighted by atomic mass is 19.1. The third-order valence-electron chi connectivity index (χ3n) is 3.77. The van der Waals surface area contributed by atoms with Crippen molar-refractivity contribution in [2.24, 2.45) is 0 Å². The molecule has 2 atom stereocenters. The minimum atomic E-state index is -1.57. The summed E-state index contributed by atoms with van der Waals surface area (Å²) in [4.78, 5) is 5.74. The molecule has 0 spiro atoms. The fraction of sp³-hybridized carbons (Fsp3) is 0.429. The van der Waals surface area contributed by atoms with Crippen LogP contribution in [0.5, 0.6) is 0 Å². The zero-order valence-electron chi connectivity index (χ0n) is 12.1. The van der Waals surface area contributed by atoms with E-state index in [0.29, 0.717) is 5.82 Å². The van der Waals surface area contributed by atoms with Crippen molar-refractivity contribution in [2.75, 3.05) is 14.1 Å². The third kappa shape index (κ3) is 3.08. The summed E-state index contributed by atoms with van der Waals surface area (Å²) in [6, 6.07) is 2.73. The Morgan fingerprint density at radius 2 is 2.10 bits per heavy atom. The summed E-state index contributed by atoms with van der Waals surface area (Å²) in [5, 5.41) is 17.5. The van der Waals surface area contributed by atoms with Crippen molar-refractivity contribution in [3.05, 3.63) is 47.5 Å². The van der Waals surface area contributed by atoms with Crippen molar-refractivity contribution in [1.82, 2.24) is 20.1 Å². The molecule has 0 fully saturated rings. The molecule has 0 bridgehead atoms. The molecule has 7 heteroatoms. The normalized spacial score (nSPS) is 16.0. The first-order valence-corrected chi connectivity index (χ1v) is 6.53. The van der Waals surface area contributed by atoms with Crippen molar-refractivity contribution in [3.63, 3.8) is 0 Å². The number of aliphatic hydroxyl groups is 1. The van der Waals surface area contributed by atoms with E-state index in [-0.39, 0.29) is 12.0 Å². The largest absolute Gasteiger partial charge is 0.383 e. The predicted octanol–water partition coefficient (Wildman–Crippen LogP) is 1.46. The number of aromatic amines is 1. The molecule has 0 saturated carbocycles. The lowest BCUT2D eigenvalue weighted by Crippen LogP contribution is -2.48. The molecule has 1 aromatic heterocycles. The van der Waals surface area contributed by atoms with Crippen LogP contribution in [0.2, 0.25) is 0 Å². The van der Waals surface area contributed by atoms with E-state index < -0.39 is 23.3 Å². The average molecular weight is 296 g/mol. The number of benzene rings is 1. The van der Waals surface area contributed by atoms with Gasteiger partial charge in [0.1, 0.15) is 29.4 Å². The second-order valence-electron chi connectivity index (χ2n) is 5.30. The van der Waals surface area contributed by atoms with E-state index in [0.717, 1.165) is 12.1 Å². The Labute approximate surface area is 121 Å². The quantitative estimate of drug-likeness (QED) is 0.877. The first-order chi connectivity index (χ1) is 9.84. The lowest BCUT2D eigenvalue weighted by atomic mass is 9.83. The maximum absolute atomic E-state index is 14.1. The lowest BCUT2D eigenvalue weighted by Gasteiger charge is -2.38. The van der Waals surface area contributed by atoms with Gasteiger partial charge in [-0.3, -0.25) is 5.10 Å². The first-order valence-electron chi connectivity index (χ1n) is 6.53. The Morgan fingerprint density at radius 1 is 1.38 bits per heavy atom. The molecular formula is C14H18F2N4O. The van der Waals surface area contributed by atoms with E-state index in [1.165, 1.54) is 12.4 Å². The molecule has 0 saturated heterocycles. The number of rotatable bonds is 5. The van der Waals surface area contributed by atoms with Gasteiger partial charge in [0, 0.05) is 24.1 Å². The molecule has 2 aromatic rings. The molecule has 0 amide bonds. The van der Waals surface area contributed by atoms with E-state index in [9.17, 15) is 13.9 Å². The van der Waals surface area contributed by atoms with Crippen LogP contribution in [0.1, 0.15) is 18.3 Å². The standard InChI is InChI=1S/C14H18F2N4O/c1-9(20(2)3)14(21,7-13-17-8-18-19-13)11-5-4-10(15)6-12(11)16/h4-6,8-9,21H,7H2,1-3H3,(H,17,18,19). The second kappa shape index (κ2) is 5.87. The summed E-state index contributed by atoms with van der Waals surface area (Å²) >= 11 is 0. The van der Waals surface area contributed by atoms with Gasteiger partial charge < -0.3 is 10.0 Å². The third-order valence-corrected chi connectivity index (χ3v) is 3.77. The molecule has 1 aromatic carbocycles. The van der Waals surface area contributed by atoms with Crippen molar-refractivity contribution in [2.45, 2.75) is 25.0 Å². The zero-order chi connectivity index (χ0) is 15.6. The van der Waals surface area contributed by atoms with Gasteiger partial charge in [-0.2, -0.15) is 5.10 Å². The number of likely N-dealkylation sites (N-methyl/N-ethyl adjacent to an activating group) is 1. The highest BCUT2D eigenvalue weighted by molar-refractivity contribution is 5.28. The van der Waals surface area contributed by atoms with Crippen molar-refractivity contribution >= 4 is 0 Å². The Balaban J connectivity index is 2.49. The van der Waals surface area contributed by atoms with Crippen LogP contribution in [0.3, 0.4) is 0 Å². The molecule has 114 valence electrons. The zero-order valence-corrected chi connectivity index (χ0v) is 12.1. The summed E-state index contributed by atoms with van der Waals surface area (Å²) in [5.41, 5.74) is -1.54. The summed E-state index contributed by atoms with van der Waals surface area (Å²) in [5.74, 6) is -1.04. The van der Waals surface area contributed by atoms with Gasteiger partial charge in [-0.15, -0.1) is 0 Å². The van der Waals surface area contributed by atoms with Gasteiger partial charge in [0.2, 0.25) is 0 Å². The van der Waals surface area contributed by atoms with Crippen LogP contribution in [0.15, 0.2) is 24.5 Å². The maximum Gasteiger partial charge on any atom is 0.137 e. The molecule has 2 rings (SSSR count). The monoisotopic (exact) mass is 296 g/mol. The Bertz CT molecular complexity index is 603. The fourth-order valence-corrected chi connectivity index (χ4v) is 2.31. The van der Waals surface area contributed by atoms with E-state index in [2.05, 4.69) is 15.2 Å². The van der Waals surface area contributed by atoms with Gasteiger partial charge in [-0.1, -0.05) is 6.07 Å². The second-order valence-corrected chi connectivity index (χ2v) is 5.30. The Kier molecular flexibility index (Phi) is 4.34. The smallest absolute Gasteiger partial charge is 0.137 e. The summed E-state index contributed by atoms with van der Waals surface area (Å²) in [7, 11) is 3.55. The molecule has 5 nitrogen and oxygen atoms in total. The highest BCUT2D eigenvalue weighted by Gasteiger charge is 2.40. The molecule has 21 heavy (non-hydrogen) atoms. The van der Waals surface area contributed by atoms with Gasteiger partial charge in [0.25, 0.3) is 0 Å². The number of H-pyrrole nitrogens is 1. The van der Waals surface area contributed by atoms with E-state index in [4.69, 9.17) is 0 Å². The molecule has 0 aliphatic heterocycles. The van der Waals surface area contributed by atoms with Gasteiger partial charge in [-0.05, 0) is 27.1 Å². The maximum atomic E-state index is 14.1. The van der Waals surface area contributed by atoms with Crippen LogP contribution < -0.4 is 0 Å². The molecule has 1 heterocycles. The number of nitrogens with zero attached hydrogens (tertiary/aromatic N) is 3. The van der Waals surface area contributed by atoms with E-state index in [1.807, 2.05) is 0 Å². The van der Waals surface area contributed by atoms with Crippen LogP contribution in [0.25, 0.3) is 0 Å². The molecule has 2 N–H and O–H groups in total. The van der Waals surface area contributed by atoms with Crippen molar-refractivity contribution < 1.29 is 13.9 Å². The van der Waals surface area contributed by atoms with Crippen LogP contribution in [0.4, 0.5) is 8.78 Å². The lowest BCUT2D eigenvalue weighted by molar-refractivity contribution is -0.0355. The fourth-order valence-electron chi connectivity index (χ4n) is 2.31. The number of nitrogens with one attached hydrogen (secondary N) is 1. The summed E-state index contributed by atoms with van der Waals surface area (Å²) in [6.07, 6.45) is 1.35. The van der Waals surface area contributed by atoms with Crippen LogP contribution in [-0.2, 0) is 12.0 Å². The van der Waals surface area contributed by atoms with E-state index in [1.54, 1.807) is 25.9 Å². The minimum absolute atomic E-state index is 0.0292. The van der Waals surface area contributed by atoms with Crippen LogP contribution >= 0.6 is 0 Å². The predicted molar refractivity (Wildman–Crippen MR) is 73.5 cm³/mol. The minimum Gasteiger partial charge on any atom is -0.383 e. The van der Waals surface area contributed by atoms with Gasteiger partial charge in [0.15, 0.2) is 0 Å². The van der Waals surface area contributed by atoms with Crippen LogP contribution in [0, 0.1) is 11.6 Å².